The van der Waals surface area contributed by atoms with Gasteiger partial charge >= 0.3 is 0 Å². The Bertz CT molecular complexity index is 234. The molecule has 0 radical (unpaired) electrons. The second-order valence-corrected chi connectivity index (χ2v) is 4.20. The van der Waals surface area contributed by atoms with Crippen molar-refractivity contribution >= 4 is 27.3 Å². The van der Waals surface area contributed by atoms with E-state index in [1.54, 1.807) is 11.3 Å². The van der Waals surface area contributed by atoms with E-state index in [9.17, 15) is 0 Å². The van der Waals surface area contributed by atoms with Crippen molar-refractivity contribution in [3.05, 3.63) is 14.5 Å². The Labute approximate surface area is 79.0 Å². The highest BCUT2D eigenvalue weighted by atomic mass is 79.9. The van der Waals surface area contributed by atoms with Gasteiger partial charge in [0.25, 0.3) is 0 Å². The third-order valence-corrected chi connectivity index (χ3v) is 3.40. The molecule has 62 valence electrons. The minimum absolute atomic E-state index is 0.549. The molecule has 1 heterocycles. The molecule has 0 spiro atoms. The van der Waals surface area contributed by atoms with E-state index in [1.165, 1.54) is 4.88 Å². The van der Waals surface area contributed by atoms with Crippen LogP contribution in [0.4, 0.5) is 0 Å². The zero-order valence-corrected chi connectivity index (χ0v) is 8.83. The molecule has 11 heavy (non-hydrogen) atoms. The molecule has 0 atom stereocenters. The zero-order chi connectivity index (χ0) is 8.27. The summed E-state index contributed by atoms with van der Waals surface area (Å²) in [6.45, 7) is 2.71. The van der Waals surface area contributed by atoms with Crippen molar-refractivity contribution in [2.75, 3.05) is 0 Å². The number of halogens is 1. The Kier molecular flexibility index (Phi) is 3.48. The highest BCUT2D eigenvalue weighted by molar-refractivity contribution is 9.10. The van der Waals surface area contributed by atoms with Crippen LogP contribution in [0.1, 0.15) is 23.2 Å². The summed E-state index contributed by atoms with van der Waals surface area (Å²) in [6.07, 6.45) is 2.25. The van der Waals surface area contributed by atoms with Crippen LogP contribution in [0.25, 0.3) is 0 Å². The van der Waals surface area contributed by atoms with Crippen molar-refractivity contribution in [2.24, 2.45) is 5.73 Å². The molecule has 0 amide bonds. The quantitative estimate of drug-likeness (QED) is 0.873. The van der Waals surface area contributed by atoms with Gasteiger partial charge in [-0.1, -0.05) is 13.3 Å². The first-order valence-electron chi connectivity index (χ1n) is 3.62. The largest absolute Gasteiger partial charge is 0.325 e. The number of nitrogens with zero attached hydrogens (tertiary/aromatic N) is 1. The Hall–Kier alpha value is 0.0700. The first-order chi connectivity index (χ1) is 5.27. The lowest BCUT2D eigenvalue weighted by atomic mass is 10.3. The Morgan fingerprint density at radius 1 is 1.64 bits per heavy atom. The SMILES string of the molecule is CCCc1sc(CN)nc1Br. The monoisotopic (exact) mass is 234 g/mol. The highest BCUT2D eigenvalue weighted by Gasteiger charge is 2.05. The number of aromatic nitrogens is 1. The second-order valence-electron chi connectivity index (χ2n) is 2.28. The molecule has 0 saturated carbocycles. The molecule has 2 nitrogen and oxygen atoms in total. The number of nitrogens with two attached hydrogens (primary N) is 1. The van der Waals surface area contributed by atoms with Crippen LogP contribution in [-0.4, -0.2) is 4.98 Å². The first kappa shape index (κ1) is 9.16. The molecule has 0 aliphatic heterocycles. The molecule has 0 aliphatic rings. The average Bonchev–Trinajstić information content (AvgIpc) is 2.33. The lowest BCUT2D eigenvalue weighted by Crippen LogP contribution is -1.93. The van der Waals surface area contributed by atoms with Crippen LogP contribution in [0.15, 0.2) is 4.60 Å². The van der Waals surface area contributed by atoms with Crippen molar-refractivity contribution in [3.8, 4) is 0 Å². The molecule has 0 aromatic carbocycles. The van der Waals surface area contributed by atoms with Gasteiger partial charge in [0, 0.05) is 11.4 Å². The fourth-order valence-corrected chi connectivity index (χ4v) is 2.56. The van der Waals surface area contributed by atoms with Gasteiger partial charge in [0.1, 0.15) is 9.61 Å². The Balaban J connectivity index is 2.79. The summed E-state index contributed by atoms with van der Waals surface area (Å²) >= 11 is 5.10. The van der Waals surface area contributed by atoms with Gasteiger partial charge in [-0.15, -0.1) is 11.3 Å². The molecule has 1 aromatic rings. The maximum atomic E-state index is 5.46. The summed E-state index contributed by atoms with van der Waals surface area (Å²) in [4.78, 5) is 5.57. The van der Waals surface area contributed by atoms with E-state index in [1.807, 2.05) is 0 Å². The minimum atomic E-state index is 0.549. The van der Waals surface area contributed by atoms with Crippen LogP contribution < -0.4 is 5.73 Å². The summed E-state index contributed by atoms with van der Waals surface area (Å²) in [7, 11) is 0. The zero-order valence-electron chi connectivity index (χ0n) is 6.43. The van der Waals surface area contributed by atoms with Gasteiger partial charge < -0.3 is 5.73 Å². The molecule has 0 fully saturated rings. The summed E-state index contributed by atoms with van der Waals surface area (Å²) in [5, 5.41) is 1.01. The van der Waals surface area contributed by atoms with Gasteiger partial charge in [-0.3, -0.25) is 0 Å². The number of hydrogen-bond acceptors (Lipinski definition) is 3. The van der Waals surface area contributed by atoms with Gasteiger partial charge in [0.2, 0.25) is 0 Å². The van der Waals surface area contributed by atoms with Gasteiger partial charge in [-0.05, 0) is 22.4 Å². The van der Waals surface area contributed by atoms with Crippen molar-refractivity contribution in [2.45, 2.75) is 26.3 Å². The molecule has 0 aliphatic carbocycles. The van der Waals surface area contributed by atoms with Crippen LogP contribution in [0.3, 0.4) is 0 Å². The summed E-state index contributed by atoms with van der Waals surface area (Å²) < 4.78 is 0.977. The minimum Gasteiger partial charge on any atom is -0.325 e. The molecule has 1 aromatic heterocycles. The van der Waals surface area contributed by atoms with E-state index < -0.39 is 0 Å². The van der Waals surface area contributed by atoms with E-state index in [-0.39, 0.29) is 0 Å². The van der Waals surface area contributed by atoms with Crippen molar-refractivity contribution in [1.82, 2.24) is 4.98 Å². The predicted molar refractivity (Wildman–Crippen MR) is 51.7 cm³/mol. The molecule has 2 N–H and O–H groups in total. The topological polar surface area (TPSA) is 38.9 Å². The van der Waals surface area contributed by atoms with E-state index >= 15 is 0 Å². The summed E-state index contributed by atoms with van der Waals surface area (Å²) in [5.74, 6) is 0. The van der Waals surface area contributed by atoms with Crippen LogP contribution >= 0.6 is 27.3 Å². The molecule has 0 saturated heterocycles. The van der Waals surface area contributed by atoms with Gasteiger partial charge in [0.05, 0.1) is 0 Å². The van der Waals surface area contributed by atoms with E-state index in [4.69, 9.17) is 5.73 Å². The lowest BCUT2D eigenvalue weighted by Gasteiger charge is -1.89. The maximum Gasteiger partial charge on any atom is 0.120 e. The van der Waals surface area contributed by atoms with Crippen molar-refractivity contribution in [1.29, 1.82) is 0 Å². The van der Waals surface area contributed by atoms with Crippen LogP contribution in [0.2, 0.25) is 0 Å². The van der Waals surface area contributed by atoms with Gasteiger partial charge in [-0.2, -0.15) is 0 Å². The van der Waals surface area contributed by atoms with Crippen molar-refractivity contribution < 1.29 is 0 Å². The normalized spacial score (nSPS) is 10.5. The van der Waals surface area contributed by atoms with Gasteiger partial charge in [0.15, 0.2) is 0 Å². The smallest absolute Gasteiger partial charge is 0.120 e. The number of hydrogen-bond donors (Lipinski definition) is 1. The van der Waals surface area contributed by atoms with E-state index in [0.29, 0.717) is 6.54 Å². The highest BCUT2D eigenvalue weighted by Crippen LogP contribution is 2.24. The lowest BCUT2D eigenvalue weighted by molar-refractivity contribution is 0.928. The molecular weight excluding hydrogens is 224 g/mol. The second kappa shape index (κ2) is 4.18. The molecule has 4 heteroatoms. The summed E-state index contributed by atoms with van der Waals surface area (Å²) in [5.41, 5.74) is 5.46. The molecule has 0 unspecified atom stereocenters. The maximum absolute atomic E-state index is 5.46. The number of thiazole rings is 1. The first-order valence-corrected chi connectivity index (χ1v) is 5.23. The van der Waals surface area contributed by atoms with E-state index in [2.05, 4.69) is 27.8 Å². The summed E-state index contributed by atoms with van der Waals surface area (Å²) in [6, 6.07) is 0. The Morgan fingerprint density at radius 2 is 2.36 bits per heavy atom. The van der Waals surface area contributed by atoms with Crippen LogP contribution in [0, 0.1) is 0 Å². The standard InChI is InChI=1S/C7H11BrN2S/c1-2-3-5-7(8)10-6(4-9)11-5/h2-4,9H2,1H3. The van der Waals surface area contributed by atoms with Crippen molar-refractivity contribution in [3.63, 3.8) is 0 Å². The molecule has 0 bridgehead atoms. The number of aryl methyl sites for hydroxylation is 1. The van der Waals surface area contributed by atoms with Gasteiger partial charge in [-0.25, -0.2) is 4.98 Å². The molecular formula is C7H11BrN2S. The van der Waals surface area contributed by atoms with E-state index in [0.717, 1.165) is 22.5 Å². The third-order valence-electron chi connectivity index (χ3n) is 1.35. The predicted octanol–water partition coefficient (Wildman–Crippen LogP) is 2.32. The van der Waals surface area contributed by atoms with Crippen LogP contribution in [-0.2, 0) is 13.0 Å². The fourth-order valence-electron chi connectivity index (χ4n) is 0.848. The number of rotatable bonds is 3. The third kappa shape index (κ3) is 2.25. The average molecular weight is 235 g/mol. The van der Waals surface area contributed by atoms with Crippen LogP contribution in [0.5, 0.6) is 0 Å². The molecule has 1 rings (SSSR count). The fraction of sp³-hybridized carbons (Fsp3) is 0.571. The Morgan fingerprint density at radius 3 is 2.82 bits per heavy atom.